The highest BCUT2D eigenvalue weighted by molar-refractivity contribution is 9.10. The number of H-pyrrole nitrogens is 1. The molecule has 0 fully saturated rings. The first-order chi connectivity index (χ1) is 7.82. The smallest absolute Gasteiger partial charge is 0.337 e. The van der Waals surface area contributed by atoms with E-state index in [4.69, 9.17) is 11.6 Å². The molecule has 0 spiro atoms. The first-order valence-electron chi connectivity index (χ1n) is 4.33. The predicted octanol–water partition coefficient (Wildman–Crippen LogP) is 4.34. The second-order valence-corrected chi connectivity index (χ2v) is 4.58. The van der Waals surface area contributed by atoms with Crippen LogP contribution in [0.15, 0.2) is 16.6 Å². The maximum Gasteiger partial charge on any atom is 0.363 e. The van der Waals surface area contributed by atoms with E-state index >= 15 is 0 Å². The average Bonchev–Trinajstić information content (AvgIpc) is 2.61. The molecule has 0 aliphatic carbocycles. The molecular formula is C9H4BrClF4N2. The van der Waals surface area contributed by atoms with Crippen LogP contribution in [0.1, 0.15) is 5.82 Å². The third-order valence-electron chi connectivity index (χ3n) is 2.09. The summed E-state index contributed by atoms with van der Waals surface area (Å²) < 4.78 is 50.8. The molecule has 0 saturated carbocycles. The van der Waals surface area contributed by atoms with Crippen molar-refractivity contribution in [2.75, 3.05) is 0 Å². The van der Waals surface area contributed by atoms with Crippen LogP contribution in [0.25, 0.3) is 11.0 Å². The Labute approximate surface area is 106 Å². The SMILES string of the molecule is FC(F)C(F)(F)c1nc2c(Br)cc(Cl)cc2[nH]1. The summed E-state index contributed by atoms with van der Waals surface area (Å²) in [6.45, 7) is 0. The van der Waals surface area contributed by atoms with Gasteiger partial charge in [-0.2, -0.15) is 8.78 Å². The molecule has 0 saturated heterocycles. The van der Waals surface area contributed by atoms with Gasteiger partial charge in [-0.05, 0) is 28.1 Å². The molecule has 1 aromatic heterocycles. The molecule has 1 heterocycles. The number of alkyl halides is 4. The Balaban J connectivity index is 2.63. The predicted molar refractivity (Wildman–Crippen MR) is 58.7 cm³/mol. The molecule has 92 valence electrons. The van der Waals surface area contributed by atoms with Crippen molar-refractivity contribution in [3.05, 3.63) is 27.5 Å². The van der Waals surface area contributed by atoms with Crippen molar-refractivity contribution in [3.8, 4) is 0 Å². The zero-order chi connectivity index (χ0) is 12.8. The van der Waals surface area contributed by atoms with Gasteiger partial charge >= 0.3 is 12.3 Å². The maximum atomic E-state index is 13.1. The van der Waals surface area contributed by atoms with Crippen molar-refractivity contribution in [1.29, 1.82) is 0 Å². The minimum atomic E-state index is -4.31. The molecule has 0 radical (unpaired) electrons. The van der Waals surface area contributed by atoms with Gasteiger partial charge in [0.2, 0.25) is 0 Å². The van der Waals surface area contributed by atoms with Crippen molar-refractivity contribution in [1.82, 2.24) is 9.97 Å². The molecule has 2 rings (SSSR count). The molecular weight excluding hydrogens is 327 g/mol. The molecule has 17 heavy (non-hydrogen) atoms. The molecule has 0 aliphatic heterocycles. The van der Waals surface area contributed by atoms with Gasteiger partial charge in [-0.15, -0.1) is 0 Å². The molecule has 2 nitrogen and oxygen atoms in total. The number of benzene rings is 1. The van der Waals surface area contributed by atoms with Gasteiger partial charge in [0.05, 0.1) is 5.52 Å². The fraction of sp³-hybridized carbons (Fsp3) is 0.222. The van der Waals surface area contributed by atoms with E-state index in [0.29, 0.717) is 4.47 Å². The second-order valence-electron chi connectivity index (χ2n) is 3.29. The van der Waals surface area contributed by atoms with E-state index in [9.17, 15) is 17.6 Å². The molecule has 1 aromatic carbocycles. The number of rotatable bonds is 2. The molecule has 0 aliphatic rings. The Hall–Kier alpha value is -0.820. The van der Waals surface area contributed by atoms with Crippen LogP contribution in [0.5, 0.6) is 0 Å². The summed E-state index contributed by atoms with van der Waals surface area (Å²) in [6.07, 6.45) is -3.82. The van der Waals surface area contributed by atoms with Gasteiger partial charge in [0.25, 0.3) is 0 Å². The number of halogens is 6. The van der Waals surface area contributed by atoms with E-state index in [1.165, 1.54) is 12.1 Å². The largest absolute Gasteiger partial charge is 0.363 e. The summed E-state index contributed by atoms with van der Waals surface area (Å²) in [6, 6.07) is 2.77. The average molecular weight is 331 g/mol. The van der Waals surface area contributed by atoms with Gasteiger partial charge in [-0.3, -0.25) is 0 Å². The molecule has 0 amide bonds. The van der Waals surface area contributed by atoms with Gasteiger partial charge < -0.3 is 4.98 Å². The summed E-state index contributed by atoms with van der Waals surface area (Å²) in [4.78, 5) is 5.60. The van der Waals surface area contributed by atoms with Crippen LogP contribution in [0.2, 0.25) is 5.02 Å². The first kappa shape index (κ1) is 12.6. The highest BCUT2D eigenvalue weighted by Gasteiger charge is 2.45. The summed E-state index contributed by atoms with van der Waals surface area (Å²) in [5.74, 6) is -5.39. The van der Waals surface area contributed by atoms with Crippen molar-refractivity contribution >= 4 is 38.6 Å². The highest BCUT2D eigenvalue weighted by atomic mass is 79.9. The minimum absolute atomic E-state index is 0.129. The lowest BCUT2D eigenvalue weighted by Crippen LogP contribution is -2.25. The first-order valence-corrected chi connectivity index (χ1v) is 5.50. The fourth-order valence-electron chi connectivity index (χ4n) is 1.30. The lowest BCUT2D eigenvalue weighted by Gasteiger charge is -2.11. The number of fused-ring (bicyclic) bond motifs is 1. The number of nitrogens with zero attached hydrogens (tertiary/aromatic N) is 1. The summed E-state index contributed by atoms with van der Waals surface area (Å²) >= 11 is 8.76. The quantitative estimate of drug-likeness (QED) is 0.815. The van der Waals surface area contributed by atoms with Gasteiger partial charge in [0.1, 0.15) is 5.52 Å². The van der Waals surface area contributed by atoms with E-state index in [0.717, 1.165) is 0 Å². The number of nitrogens with one attached hydrogen (secondary N) is 1. The molecule has 0 bridgehead atoms. The molecule has 0 atom stereocenters. The lowest BCUT2D eigenvalue weighted by molar-refractivity contribution is -0.140. The number of aromatic nitrogens is 2. The van der Waals surface area contributed by atoms with Crippen LogP contribution in [0.3, 0.4) is 0 Å². The van der Waals surface area contributed by atoms with Crippen LogP contribution >= 0.6 is 27.5 Å². The van der Waals surface area contributed by atoms with Gasteiger partial charge in [0, 0.05) is 9.50 Å². The lowest BCUT2D eigenvalue weighted by atomic mass is 10.3. The zero-order valence-corrected chi connectivity index (χ0v) is 10.3. The van der Waals surface area contributed by atoms with Crippen molar-refractivity contribution < 1.29 is 17.6 Å². The fourth-order valence-corrected chi connectivity index (χ4v) is 2.20. The number of hydrogen-bond acceptors (Lipinski definition) is 1. The Kier molecular flexibility index (Phi) is 3.07. The Morgan fingerprint density at radius 1 is 1.35 bits per heavy atom. The zero-order valence-electron chi connectivity index (χ0n) is 7.95. The van der Waals surface area contributed by atoms with E-state index in [-0.39, 0.29) is 16.1 Å². The molecule has 2 aromatic rings. The van der Waals surface area contributed by atoms with Crippen molar-refractivity contribution in [3.63, 3.8) is 0 Å². The van der Waals surface area contributed by atoms with E-state index in [1.54, 1.807) is 0 Å². The minimum Gasteiger partial charge on any atom is -0.337 e. The summed E-state index contributed by atoms with van der Waals surface area (Å²) in [7, 11) is 0. The monoisotopic (exact) mass is 330 g/mol. The standard InChI is InChI=1S/C9H4BrClF4N2/c10-4-1-3(11)2-5-6(4)17-8(16-5)9(14,15)7(12)13/h1-2,7H,(H,16,17). The van der Waals surface area contributed by atoms with Gasteiger partial charge in [-0.25, -0.2) is 13.8 Å². The Bertz CT molecular complexity index is 569. The topological polar surface area (TPSA) is 28.7 Å². The third kappa shape index (κ3) is 2.13. The molecule has 1 N–H and O–H groups in total. The Morgan fingerprint density at radius 3 is 2.59 bits per heavy atom. The number of hydrogen-bond donors (Lipinski definition) is 1. The van der Waals surface area contributed by atoms with Gasteiger partial charge in [0.15, 0.2) is 5.82 Å². The van der Waals surface area contributed by atoms with Crippen LogP contribution < -0.4 is 0 Å². The van der Waals surface area contributed by atoms with Crippen LogP contribution in [0.4, 0.5) is 17.6 Å². The van der Waals surface area contributed by atoms with Crippen LogP contribution in [0, 0.1) is 0 Å². The van der Waals surface area contributed by atoms with E-state index in [1.807, 2.05) is 0 Å². The van der Waals surface area contributed by atoms with E-state index in [2.05, 4.69) is 25.9 Å². The number of aromatic amines is 1. The Morgan fingerprint density at radius 2 is 2.00 bits per heavy atom. The van der Waals surface area contributed by atoms with Crippen LogP contribution in [-0.2, 0) is 5.92 Å². The van der Waals surface area contributed by atoms with E-state index < -0.39 is 18.2 Å². The van der Waals surface area contributed by atoms with Gasteiger partial charge in [-0.1, -0.05) is 11.6 Å². The third-order valence-corrected chi connectivity index (χ3v) is 2.92. The van der Waals surface area contributed by atoms with Crippen molar-refractivity contribution in [2.24, 2.45) is 0 Å². The summed E-state index contributed by atoms with van der Waals surface area (Å²) in [5.41, 5.74) is 0.296. The van der Waals surface area contributed by atoms with Crippen LogP contribution in [-0.4, -0.2) is 16.4 Å². The van der Waals surface area contributed by atoms with Crippen molar-refractivity contribution in [2.45, 2.75) is 12.3 Å². The maximum absolute atomic E-state index is 13.1. The summed E-state index contributed by atoms with van der Waals surface area (Å²) in [5, 5.41) is 0.278. The molecule has 0 unspecified atom stereocenters. The normalized spacial score (nSPS) is 12.6. The number of imidazole rings is 1. The second kappa shape index (κ2) is 4.13. The highest BCUT2D eigenvalue weighted by Crippen LogP contribution is 2.35. The molecule has 8 heteroatoms.